The highest BCUT2D eigenvalue weighted by Gasteiger charge is 2.31. The first kappa shape index (κ1) is 32.1. The molecule has 0 saturated carbocycles. The van der Waals surface area contributed by atoms with E-state index < -0.39 is 17.9 Å². The van der Waals surface area contributed by atoms with Gasteiger partial charge >= 0.3 is 12.4 Å². The molecule has 0 bridgehead atoms. The van der Waals surface area contributed by atoms with Crippen LogP contribution in [-0.4, -0.2) is 44.1 Å². The summed E-state index contributed by atoms with van der Waals surface area (Å²) in [6, 6.07) is 17.0. The molecule has 0 spiro atoms. The molecular formula is C33H35F3N6O2S. The standard InChI is InChI=1S/C33H35F3N6O2S/c1-20-17-21(2)28(22(3)18-20)42-23(4)15-16-45-31(42)38-30(43)39-32(5,6)25-9-7-24(8-10-25)29-37-19-41(40-29)26-11-13-27(14-12-26)44-33(34,35)36/h7-14,17-19,23H,15-16H2,1-6H3,(H,39,43). The lowest BCUT2D eigenvalue weighted by atomic mass is 9.93. The number of carbonyl (C=O) groups is 1. The Kier molecular flexibility index (Phi) is 8.97. The number of thioether (sulfide) groups is 1. The Morgan fingerprint density at radius 2 is 1.67 bits per heavy atom. The van der Waals surface area contributed by atoms with E-state index in [2.05, 4.69) is 69.9 Å². The number of hydrogen-bond donors (Lipinski definition) is 1. The third-order valence-corrected chi connectivity index (χ3v) is 8.58. The van der Waals surface area contributed by atoms with Gasteiger partial charge in [0.2, 0.25) is 0 Å². The van der Waals surface area contributed by atoms with Crippen LogP contribution in [0.1, 0.15) is 49.4 Å². The summed E-state index contributed by atoms with van der Waals surface area (Å²) in [4.78, 5) is 24.4. The van der Waals surface area contributed by atoms with Crippen LogP contribution in [0.4, 0.5) is 23.7 Å². The number of amides is 2. The van der Waals surface area contributed by atoms with Gasteiger partial charge in [0.15, 0.2) is 11.0 Å². The zero-order valence-corrected chi connectivity index (χ0v) is 26.8. The predicted molar refractivity (Wildman–Crippen MR) is 172 cm³/mol. The fraction of sp³-hybridized carbons (Fsp3) is 0.333. The van der Waals surface area contributed by atoms with Crippen molar-refractivity contribution < 1.29 is 22.7 Å². The van der Waals surface area contributed by atoms with Gasteiger partial charge in [-0.1, -0.05) is 53.7 Å². The average molecular weight is 637 g/mol. The number of aliphatic imine (C=N–C) groups is 1. The summed E-state index contributed by atoms with van der Waals surface area (Å²) in [6.07, 6.45) is -2.28. The highest BCUT2D eigenvalue weighted by molar-refractivity contribution is 8.14. The SMILES string of the molecule is Cc1cc(C)c(N2C(=NC(=O)NC(C)(C)c3ccc(-c4ncn(-c5ccc(OC(F)(F)F)cc5)n4)cc3)SCCC2C)c(C)c1. The lowest BCUT2D eigenvalue weighted by Gasteiger charge is -2.37. The Morgan fingerprint density at radius 3 is 2.29 bits per heavy atom. The molecule has 0 aliphatic carbocycles. The molecule has 1 unspecified atom stereocenters. The molecule has 45 heavy (non-hydrogen) atoms. The van der Waals surface area contributed by atoms with Crippen LogP contribution in [0.25, 0.3) is 17.1 Å². The molecule has 2 heterocycles. The van der Waals surface area contributed by atoms with E-state index in [0.717, 1.165) is 40.1 Å². The topological polar surface area (TPSA) is 84.6 Å². The number of aromatic nitrogens is 3. The van der Waals surface area contributed by atoms with Gasteiger partial charge in [-0.25, -0.2) is 14.5 Å². The third-order valence-electron chi connectivity index (χ3n) is 7.60. The number of carbonyl (C=O) groups excluding carboxylic acids is 1. The maximum absolute atomic E-state index is 13.3. The quantitative estimate of drug-likeness (QED) is 0.230. The number of halogens is 3. The molecule has 5 rings (SSSR count). The first-order valence-corrected chi connectivity index (χ1v) is 15.5. The van der Waals surface area contributed by atoms with E-state index in [1.165, 1.54) is 40.8 Å². The molecule has 2 amide bonds. The summed E-state index contributed by atoms with van der Waals surface area (Å²) in [5.74, 6) is 1.01. The molecule has 12 heteroatoms. The highest BCUT2D eigenvalue weighted by atomic mass is 32.2. The van der Waals surface area contributed by atoms with Gasteiger partial charge in [-0.3, -0.25) is 0 Å². The molecule has 0 radical (unpaired) electrons. The van der Waals surface area contributed by atoms with Crippen molar-refractivity contribution in [3.05, 3.63) is 89.2 Å². The van der Waals surface area contributed by atoms with Gasteiger partial charge in [-0.15, -0.1) is 18.3 Å². The predicted octanol–water partition coefficient (Wildman–Crippen LogP) is 8.09. The van der Waals surface area contributed by atoms with E-state index in [0.29, 0.717) is 16.7 Å². The Balaban J connectivity index is 1.29. The summed E-state index contributed by atoms with van der Waals surface area (Å²) in [5.41, 5.74) is 6.03. The molecule has 1 aliphatic rings. The maximum atomic E-state index is 13.3. The zero-order chi connectivity index (χ0) is 32.5. The van der Waals surface area contributed by atoms with Gasteiger partial charge in [-0.05, 0) is 88.9 Å². The lowest BCUT2D eigenvalue weighted by Crippen LogP contribution is -2.44. The fourth-order valence-corrected chi connectivity index (χ4v) is 6.67. The molecule has 1 fully saturated rings. The van der Waals surface area contributed by atoms with Gasteiger partial charge in [0.1, 0.15) is 12.1 Å². The molecule has 1 saturated heterocycles. The Bertz CT molecular complexity index is 1690. The summed E-state index contributed by atoms with van der Waals surface area (Å²) >= 11 is 1.59. The molecule has 3 aromatic carbocycles. The van der Waals surface area contributed by atoms with Crippen LogP contribution in [0, 0.1) is 20.8 Å². The molecule has 1 atom stereocenters. The van der Waals surface area contributed by atoms with Crippen LogP contribution in [0.5, 0.6) is 5.75 Å². The number of hydrogen-bond acceptors (Lipinski definition) is 5. The largest absolute Gasteiger partial charge is 0.573 e. The molecular weight excluding hydrogens is 601 g/mol. The van der Waals surface area contributed by atoms with Crippen LogP contribution in [-0.2, 0) is 5.54 Å². The third kappa shape index (κ3) is 7.50. The number of amidine groups is 1. The summed E-state index contributed by atoms with van der Waals surface area (Å²) in [6.45, 7) is 12.3. The maximum Gasteiger partial charge on any atom is 0.573 e. The first-order chi connectivity index (χ1) is 21.2. The molecule has 1 N–H and O–H groups in total. The number of ether oxygens (including phenoxy) is 1. The minimum Gasteiger partial charge on any atom is -0.406 e. The zero-order valence-electron chi connectivity index (χ0n) is 25.9. The number of nitrogens with zero attached hydrogens (tertiary/aromatic N) is 5. The van der Waals surface area contributed by atoms with Gasteiger partial charge in [-0.2, -0.15) is 4.99 Å². The smallest absolute Gasteiger partial charge is 0.406 e. The number of aryl methyl sites for hydroxylation is 3. The second-order valence-corrected chi connectivity index (χ2v) is 12.7. The Morgan fingerprint density at radius 1 is 1.02 bits per heavy atom. The average Bonchev–Trinajstić information content (AvgIpc) is 3.44. The Hall–Kier alpha value is -4.32. The second-order valence-electron chi connectivity index (χ2n) is 11.7. The van der Waals surface area contributed by atoms with Crippen molar-refractivity contribution in [3.63, 3.8) is 0 Å². The van der Waals surface area contributed by atoms with Crippen LogP contribution >= 0.6 is 11.8 Å². The van der Waals surface area contributed by atoms with Crippen LogP contribution in [0.15, 0.2) is 72.0 Å². The number of rotatable bonds is 6. The van der Waals surface area contributed by atoms with Gasteiger partial charge in [0.25, 0.3) is 0 Å². The van der Waals surface area contributed by atoms with Gasteiger partial charge < -0.3 is 15.0 Å². The molecule has 236 valence electrons. The number of benzene rings is 3. The van der Waals surface area contributed by atoms with Crippen LogP contribution < -0.4 is 15.0 Å². The molecule has 1 aromatic heterocycles. The Labute approximate surface area is 264 Å². The first-order valence-electron chi connectivity index (χ1n) is 14.5. The van der Waals surface area contributed by atoms with Crippen LogP contribution in [0.2, 0.25) is 0 Å². The van der Waals surface area contributed by atoms with E-state index in [1.807, 2.05) is 38.1 Å². The van der Waals surface area contributed by atoms with E-state index in [1.54, 1.807) is 11.8 Å². The summed E-state index contributed by atoms with van der Waals surface area (Å²) in [5, 5.41) is 8.22. The highest BCUT2D eigenvalue weighted by Crippen LogP contribution is 2.35. The number of alkyl halides is 3. The van der Waals surface area contributed by atoms with Crippen molar-refractivity contribution in [2.45, 2.75) is 65.9 Å². The summed E-state index contributed by atoms with van der Waals surface area (Å²) in [7, 11) is 0. The van der Waals surface area contributed by atoms with Crippen molar-refractivity contribution in [1.29, 1.82) is 0 Å². The molecule has 1 aliphatic heterocycles. The number of anilines is 1. The lowest BCUT2D eigenvalue weighted by molar-refractivity contribution is -0.274. The number of nitrogens with one attached hydrogen (secondary N) is 1. The monoisotopic (exact) mass is 636 g/mol. The van der Waals surface area contributed by atoms with Crippen molar-refractivity contribution in [3.8, 4) is 22.8 Å². The minimum atomic E-state index is -4.76. The normalized spacial score (nSPS) is 16.6. The van der Waals surface area contributed by atoms with Crippen molar-refractivity contribution in [2.75, 3.05) is 10.7 Å². The van der Waals surface area contributed by atoms with Gasteiger partial charge in [0, 0.05) is 23.0 Å². The second kappa shape index (κ2) is 12.6. The number of urea groups is 1. The van der Waals surface area contributed by atoms with Crippen molar-refractivity contribution >= 4 is 28.6 Å². The molecule has 8 nitrogen and oxygen atoms in total. The van der Waals surface area contributed by atoms with Crippen molar-refractivity contribution in [1.82, 2.24) is 20.1 Å². The molecule has 4 aromatic rings. The van der Waals surface area contributed by atoms with E-state index in [-0.39, 0.29) is 11.8 Å². The fourth-order valence-electron chi connectivity index (χ4n) is 5.47. The van der Waals surface area contributed by atoms with E-state index in [4.69, 9.17) is 0 Å². The van der Waals surface area contributed by atoms with Gasteiger partial charge in [0.05, 0.1) is 11.2 Å². The van der Waals surface area contributed by atoms with Crippen LogP contribution in [0.3, 0.4) is 0 Å². The minimum absolute atomic E-state index is 0.207. The summed E-state index contributed by atoms with van der Waals surface area (Å²) < 4.78 is 42.8. The van der Waals surface area contributed by atoms with Crippen molar-refractivity contribution in [2.24, 2.45) is 4.99 Å². The van der Waals surface area contributed by atoms with E-state index in [9.17, 15) is 18.0 Å². The van der Waals surface area contributed by atoms with E-state index >= 15 is 0 Å².